The summed E-state index contributed by atoms with van der Waals surface area (Å²) in [7, 11) is 0. The van der Waals surface area contributed by atoms with Crippen LogP contribution >= 0.6 is 23.2 Å². The van der Waals surface area contributed by atoms with Crippen LogP contribution in [-0.4, -0.2) is 34.0 Å². The van der Waals surface area contributed by atoms with Crippen molar-refractivity contribution in [1.29, 1.82) is 0 Å². The summed E-state index contributed by atoms with van der Waals surface area (Å²) in [5.74, 6) is -1.89. The number of hydrogen-bond acceptors (Lipinski definition) is 3. The minimum absolute atomic E-state index is 0.171. The number of rotatable bonds is 8. The summed E-state index contributed by atoms with van der Waals surface area (Å²) in [5, 5.41) is 11.3. The number of hydrogen-bond donors (Lipinski definition) is 1. The van der Waals surface area contributed by atoms with Gasteiger partial charge in [0, 0.05) is 16.5 Å². The highest BCUT2D eigenvalue weighted by atomic mass is 35.5. The normalized spacial score (nSPS) is 20.6. The molecule has 4 rings (SSSR count). The minimum Gasteiger partial charge on any atom is -0.480 e. The molecule has 1 N–H and O–H groups in total. The summed E-state index contributed by atoms with van der Waals surface area (Å²) in [6, 6.07) is 16.5. The lowest BCUT2D eigenvalue weighted by molar-refractivity contribution is -0.184. The first-order chi connectivity index (χ1) is 17.7. The minimum atomic E-state index is -1.08. The average molecular weight is 544 g/mol. The number of ether oxygens (including phenoxy) is 1. The van der Waals surface area contributed by atoms with Crippen LogP contribution in [-0.2, 0) is 20.7 Å². The van der Waals surface area contributed by atoms with Crippen LogP contribution in [0, 0.1) is 12.7 Å². The number of aryl methyl sites for hydroxylation is 1. The lowest BCUT2D eigenvalue weighted by Crippen LogP contribution is -2.57. The number of halogens is 3. The molecule has 0 saturated carbocycles. The molecule has 0 bridgehead atoms. The monoisotopic (exact) mass is 543 g/mol. The predicted molar refractivity (Wildman–Crippen MR) is 141 cm³/mol. The number of aliphatic carboxylic acids is 1. The largest absolute Gasteiger partial charge is 0.480 e. The molecule has 0 aromatic heterocycles. The predicted octanol–water partition coefficient (Wildman–Crippen LogP) is 6.95. The average Bonchev–Trinajstić information content (AvgIpc) is 2.86. The Labute approximate surface area is 225 Å². The van der Waals surface area contributed by atoms with Gasteiger partial charge < -0.3 is 14.7 Å². The van der Waals surface area contributed by atoms with Crippen molar-refractivity contribution in [3.63, 3.8) is 0 Å². The molecule has 8 heteroatoms. The van der Waals surface area contributed by atoms with E-state index in [2.05, 4.69) is 0 Å². The number of carbonyl (C=O) groups is 2. The summed E-state index contributed by atoms with van der Waals surface area (Å²) >= 11 is 12.4. The Balaban J connectivity index is 1.88. The van der Waals surface area contributed by atoms with Crippen LogP contribution in [0.1, 0.15) is 54.2 Å². The number of carbonyl (C=O) groups excluding carboxylic acids is 1. The quantitative estimate of drug-likeness (QED) is 0.334. The van der Waals surface area contributed by atoms with Crippen molar-refractivity contribution < 1.29 is 23.8 Å². The fourth-order valence-corrected chi connectivity index (χ4v) is 5.28. The van der Waals surface area contributed by atoms with E-state index in [1.807, 2.05) is 26.0 Å². The highest BCUT2D eigenvalue weighted by Gasteiger charge is 2.48. The fraction of sp³-hybridized carbons (Fsp3) is 0.310. The molecule has 194 valence electrons. The van der Waals surface area contributed by atoms with Crippen molar-refractivity contribution in [2.75, 3.05) is 0 Å². The molecule has 3 aromatic rings. The zero-order valence-corrected chi connectivity index (χ0v) is 22.0. The van der Waals surface area contributed by atoms with Gasteiger partial charge >= 0.3 is 5.97 Å². The lowest BCUT2D eigenvalue weighted by Gasteiger charge is -2.47. The molecule has 1 aliphatic rings. The Morgan fingerprint density at radius 3 is 2.30 bits per heavy atom. The summed E-state index contributed by atoms with van der Waals surface area (Å²) < 4.78 is 20.0. The fourth-order valence-electron chi connectivity index (χ4n) is 4.93. The van der Waals surface area contributed by atoms with Gasteiger partial charge in [-0.15, -0.1) is 0 Å². The molecule has 1 amide bonds. The summed E-state index contributed by atoms with van der Waals surface area (Å²) in [6.07, 6.45) is -0.624. The zero-order valence-electron chi connectivity index (χ0n) is 20.5. The van der Waals surface area contributed by atoms with Crippen LogP contribution in [0.5, 0.6) is 0 Å². The van der Waals surface area contributed by atoms with Gasteiger partial charge in [-0.1, -0.05) is 66.9 Å². The van der Waals surface area contributed by atoms with E-state index in [1.54, 1.807) is 42.5 Å². The molecule has 1 heterocycles. The molecule has 1 unspecified atom stereocenters. The van der Waals surface area contributed by atoms with E-state index in [9.17, 15) is 19.1 Å². The van der Waals surface area contributed by atoms with Crippen molar-refractivity contribution in [2.45, 2.75) is 57.4 Å². The van der Waals surface area contributed by atoms with Crippen molar-refractivity contribution in [3.8, 4) is 0 Å². The SMILES string of the molecule is CCCC(C(=O)O)N1C(=O)[C@H](Cc2ccc(F)cc2)O[C@@H](c2ccc(Cl)cc2C)[C@H]1c1ccc(Cl)cc1. The topological polar surface area (TPSA) is 66.8 Å². The maximum atomic E-state index is 14.0. The second-order valence-corrected chi connectivity index (χ2v) is 10.1. The van der Waals surface area contributed by atoms with Crippen molar-refractivity contribution in [2.24, 2.45) is 0 Å². The summed E-state index contributed by atoms with van der Waals surface area (Å²) in [4.78, 5) is 28.0. The number of morpholine rings is 1. The third kappa shape index (κ3) is 5.98. The Morgan fingerprint density at radius 2 is 1.70 bits per heavy atom. The maximum Gasteiger partial charge on any atom is 0.326 e. The number of carboxylic acid groups (broad SMARTS) is 1. The molecule has 37 heavy (non-hydrogen) atoms. The smallest absolute Gasteiger partial charge is 0.326 e. The zero-order chi connectivity index (χ0) is 26.7. The molecular weight excluding hydrogens is 516 g/mol. The standard InChI is InChI=1S/C29H28Cl2FNO4/c1-3-4-24(29(35)36)33-26(19-7-9-20(30)10-8-19)27(23-14-11-21(31)15-17(23)2)37-25(28(33)34)16-18-5-12-22(32)13-6-18/h5-15,24-27H,3-4,16H2,1-2H3,(H,35,36)/t24?,25-,26+,27-/m0/s1. The Morgan fingerprint density at radius 1 is 1.05 bits per heavy atom. The number of carboxylic acids is 1. The molecule has 1 aliphatic heterocycles. The molecule has 1 saturated heterocycles. The first-order valence-corrected chi connectivity index (χ1v) is 12.9. The van der Waals surface area contributed by atoms with E-state index in [1.165, 1.54) is 17.0 Å². The molecule has 3 aromatic carbocycles. The van der Waals surface area contributed by atoms with Gasteiger partial charge in [0.05, 0.1) is 6.04 Å². The lowest BCUT2D eigenvalue weighted by atomic mass is 9.87. The molecule has 0 radical (unpaired) electrons. The van der Waals surface area contributed by atoms with Crippen LogP contribution in [0.2, 0.25) is 10.0 Å². The van der Waals surface area contributed by atoms with Gasteiger partial charge in [0.15, 0.2) is 0 Å². The molecule has 1 fully saturated rings. The second-order valence-electron chi connectivity index (χ2n) is 9.26. The second kappa shape index (κ2) is 11.6. The van der Waals surface area contributed by atoms with E-state index in [0.717, 1.165) is 11.1 Å². The highest BCUT2D eigenvalue weighted by Crippen LogP contribution is 2.45. The summed E-state index contributed by atoms with van der Waals surface area (Å²) in [5.41, 5.74) is 3.07. The van der Waals surface area contributed by atoms with E-state index < -0.39 is 36.2 Å². The van der Waals surface area contributed by atoms with Gasteiger partial charge in [0.1, 0.15) is 24.1 Å². The van der Waals surface area contributed by atoms with Gasteiger partial charge in [-0.2, -0.15) is 0 Å². The van der Waals surface area contributed by atoms with Crippen molar-refractivity contribution in [1.82, 2.24) is 4.90 Å². The van der Waals surface area contributed by atoms with Crippen LogP contribution in [0.25, 0.3) is 0 Å². The third-order valence-electron chi connectivity index (χ3n) is 6.69. The van der Waals surface area contributed by atoms with Gasteiger partial charge in [-0.05, 0) is 72.0 Å². The number of amides is 1. The number of nitrogens with zero attached hydrogens (tertiary/aromatic N) is 1. The van der Waals surface area contributed by atoms with E-state index in [4.69, 9.17) is 27.9 Å². The van der Waals surface area contributed by atoms with Crippen LogP contribution in [0.4, 0.5) is 4.39 Å². The van der Waals surface area contributed by atoms with E-state index in [-0.39, 0.29) is 18.7 Å². The van der Waals surface area contributed by atoms with Crippen LogP contribution < -0.4 is 0 Å². The Bertz CT molecular complexity index is 1270. The van der Waals surface area contributed by atoms with Crippen molar-refractivity contribution in [3.05, 3.63) is 105 Å². The van der Waals surface area contributed by atoms with E-state index >= 15 is 0 Å². The molecule has 0 spiro atoms. The maximum absolute atomic E-state index is 14.0. The van der Waals surface area contributed by atoms with Crippen molar-refractivity contribution >= 4 is 35.1 Å². The first kappa shape index (κ1) is 27.1. The first-order valence-electron chi connectivity index (χ1n) is 12.2. The molecule has 0 aliphatic carbocycles. The highest BCUT2D eigenvalue weighted by molar-refractivity contribution is 6.30. The summed E-state index contributed by atoms with van der Waals surface area (Å²) in [6.45, 7) is 3.79. The Kier molecular flexibility index (Phi) is 8.53. The van der Waals surface area contributed by atoms with Crippen LogP contribution in [0.15, 0.2) is 66.7 Å². The van der Waals surface area contributed by atoms with Gasteiger partial charge in [-0.3, -0.25) is 4.79 Å². The molecule has 5 nitrogen and oxygen atoms in total. The molecular formula is C29H28Cl2FNO4. The third-order valence-corrected chi connectivity index (χ3v) is 7.18. The van der Waals surface area contributed by atoms with Gasteiger partial charge in [0.25, 0.3) is 5.91 Å². The Hall–Kier alpha value is -2.93. The van der Waals surface area contributed by atoms with Crippen LogP contribution in [0.3, 0.4) is 0 Å². The number of benzene rings is 3. The van der Waals surface area contributed by atoms with Gasteiger partial charge in [0.2, 0.25) is 0 Å². The molecule has 4 atom stereocenters. The van der Waals surface area contributed by atoms with E-state index in [0.29, 0.717) is 27.6 Å². The van der Waals surface area contributed by atoms with Gasteiger partial charge in [-0.25, -0.2) is 9.18 Å².